The van der Waals surface area contributed by atoms with Gasteiger partial charge in [-0.05, 0) is 53.3 Å². The van der Waals surface area contributed by atoms with Gasteiger partial charge in [-0.15, -0.1) is 5.10 Å². The van der Waals surface area contributed by atoms with Crippen LogP contribution in [0.1, 0.15) is 19.3 Å². The third-order valence-electron chi connectivity index (χ3n) is 4.13. The molecule has 1 aliphatic carbocycles. The Hall–Kier alpha value is -2.15. The first-order valence-corrected chi connectivity index (χ1v) is 7.04. The van der Waals surface area contributed by atoms with Crippen molar-refractivity contribution in [1.82, 2.24) is 20.2 Å². The highest BCUT2D eigenvalue weighted by molar-refractivity contribution is 5.74. The van der Waals surface area contributed by atoms with Crippen LogP contribution in [0.2, 0.25) is 0 Å². The van der Waals surface area contributed by atoms with Crippen LogP contribution in [0.4, 0.5) is 11.4 Å². The van der Waals surface area contributed by atoms with Gasteiger partial charge in [0.05, 0.1) is 6.54 Å². The number of anilines is 2. The van der Waals surface area contributed by atoms with Gasteiger partial charge in [0.25, 0.3) is 0 Å². The molecule has 1 aromatic carbocycles. The van der Waals surface area contributed by atoms with Gasteiger partial charge < -0.3 is 16.2 Å². The fraction of sp³-hybridized carbons (Fsp3) is 0.500. The van der Waals surface area contributed by atoms with Gasteiger partial charge >= 0.3 is 0 Å². The van der Waals surface area contributed by atoms with E-state index in [1.54, 1.807) is 13.2 Å². The van der Waals surface area contributed by atoms with Gasteiger partial charge in [0.2, 0.25) is 0 Å². The summed E-state index contributed by atoms with van der Waals surface area (Å²) in [7, 11) is 1.73. The van der Waals surface area contributed by atoms with Gasteiger partial charge in [0.15, 0.2) is 5.82 Å². The monoisotopic (exact) mass is 288 g/mol. The summed E-state index contributed by atoms with van der Waals surface area (Å²) in [6, 6.07) is 5.40. The smallest absolute Gasteiger partial charge is 0.184 e. The Morgan fingerprint density at radius 2 is 2.14 bits per heavy atom. The van der Waals surface area contributed by atoms with Crippen molar-refractivity contribution in [2.45, 2.75) is 25.8 Å². The topological polar surface area (TPSA) is 105 Å². The van der Waals surface area contributed by atoms with Gasteiger partial charge in [-0.25, -0.2) is 4.68 Å². The van der Waals surface area contributed by atoms with Crippen molar-refractivity contribution in [2.75, 3.05) is 25.2 Å². The Bertz CT molecular complexity index is 634. The molecule has 21 heavy (non-hydrogen) atoms. The molecule has 0 aliphatic heterocycles. The standard InChI is InChI=1S/C14H20N6O/c1-21-7-6-14(4-5-14)9-20-13(17-18-19-20)11-3-2-10(15)8-12(11)16/h2-3,8H,4-7,9,15-16H2,1H3. The van der Waals surface area contributed by atoms with Crippen molar-refractivity contribution in [3.8, 4) is 11.4 Å². The number of nitrogens with two attached hydrogens (primary N) is 2. The Balaban J connectivity index is 1.84. The molecule has 7 nitrogen and oxygen atoms in total. The fourth-order valence-electron chi connectivity index (χ4n) is 2.59. The number of rotatable bonds is 6. The Morgan fingerprint density at radius 1 is 1.33 bits per heavy atom. The van der Waals surface area contributed by atoms with Crippen molar-refractivity contribution in [3.63, 3.8) is 0 Å². The Labute approximate surface area is 123 Å². The molecule has 7 heteroatoms. The van der Waals surface area contributed by atoms with E-state index in [1.807, 2.05) is 16.8 Å². The number of hydrogen-bond acceptors (Lipinski definition) is 6. The van der Waals surface area contributed by atoms with E-state index < -0.39 is 0 Å². The highest BCUT2D eigenvalue weighted by Gasteiger charge is 2.43. The molecule has 1 saturated carbocycles. The highest BCUT2D eigenvalue weighted by atomic mass is 16.5. The summed E-state index contributed by atoms with van der Waals surface area (Å²) >= 11 is 0. The first kappa shape index (κ1) is 13.8. The lowest BCUT2D eigenvalue weighted by Crippen LogP contribution is -2.16. The van der Waals surface area contributed by atoms with Crippen molar-refractivity contribution >= 4 is 11.4 Å². The van der Waals surface area contributed by atoms with E-state index >= 15 is 0 Å². The second-order valence-corrected chi connectivity index (χ2v) is 5.75. The third kappa shape index (κ3) is 2.82. The second-order valence-electron chi connectivity index (χ2n) is 5.75. The normalized spacial score (nSPS) is 16.0. The zero-order chi connectivity index (χ0) is 14.9. The van der Waals surface area contributed by atoms with Crippen LogP contribution in [0, 0.1) is 5.41 Å². The molecule has 0 saturated heterocycles. The summed E-state index contributed by atoms with van der Waals surface area (Å²) in [5, 5.41) is 12.0. The molecule has 4 N–H and O–H groups in total. The number of methoxy groups -OCH3 is 1. The van der Waals surface area contributed by atoms with Crippen molar-refractivity contribution in [3.05, 3.63) is 18.2 Å². The molecule has 0 atom stereocenters. The lowest BCUT2D eigenvalue weighted by Gasteiger charge is -2.15. The molecule has 2 aromatic rings. The average Bonchev–Trinajstić information content (AvgIpc) is 3.07. The second kappa shape index (κ2) is 5.33. The number of ether oxygens (including phenoxy) is 1. The van der Waals surface area contributed by atoms with E-state index in [9.17, 15) is 0 Å². The largest absolute Gasteiger partial charge is 0.399 e. The zero-order valence-electron chi connectivity index (χ0n) is 12.1. The molecule has 0 spiro atoms. The number of aromatic nitrogens is 4. The minimum Gasteiger partial charge on any atom is -0.399 e. The van der Waals surface area contributed by atoms with Crippen LogP contribution < -0.4 is 11.5 Å². The number of tetrazole rings is 1. The van der Waals surface area contributed by atoms with Crippen LogP contribution in [-0.4, -0.2) is 33.9 Å². The van der Waals surface area contributed by atoms with Gasteiger partial charge in [-0.3, -0.25) is 0 Å². The molecule has 1 aliphatic rings. The minimum absolute atomic E-state index is 0.267. The maximum atomic E-state index is 6.03. The quantitative estimate of drug-likeness (QED) is 0.777. The maximum Gasteiger partial charge on any atom is 0.184 e. The van der Waals surface area contributed by atoms with E-state index in [2.05, 4.69) is 15.5 Å². The highest BCUT2D eigenvalue weighted by Crippen LogP contribution is 2.50. The molecule has 1 aromatic heterocycles. The number of nitrogen functional groups attached to an aromatic ring is 2. The summed E-state index contributed by atoms with van der Waals surface area (Å²) in [6.07, 6.45) is 3.40. The molecule has 0 unspecified atom stereocenters. The van der Waals surface area contributed by atoms with E-state index in [0.29, 0.717) is 17.2 Å². The lowest BCUT2D eigenvalue weighted by atomic mass is 10.0. The molecule has 0 radical (unpaired) electrons. The van der Waals surface area contributed by atoms with E-state index in [1.165, 1.54) is 12.8 Å². The molecule has 0 bridgehead atoms. The Morgan fingerprint density at radius 3 is 2.81 bits per heavy atom. The van der Waals surface area contributed by atoms with Crippen molar-refractivity contribution in [2.24, 2.45) is 5.41 Å². The van der Waals surface area contributed by atoms with Gasteiger partial charge in [-0.1, -0.05) is 0 Å². The van der Waals surface area contributed by atoms with Crippen LogP contribution in [0.3, 0.4) is 0 Å². The summed E-state index contributed by atoms with van der Waals surface area (Å²) in [5.41, 5.74) is 14.1. The van der Waals surface area contributed by atoms with Crippen molar-refractivity contribution in [1.29, 1.82) is 0 Å². The van der Waals surface area contributed by atoms with Gasteiger partial charge in [0, 0.05) is 30.7 Å². The third-order valence-corrected chi connectivity index (χ3v) is 4.13. The molecule has 1 heterocycles. The summed E-state index contributed by atoms with van der Waals surface area (Å²) in [5.74, 6) is 0.691. The van der Waals surface area contributed by atoms with Crippen molar-refractivity contribution < 1.29 is 4.74 Å². The maximum absolute atomic E-state index is 6.03. The first-order chi connectivity index (χ1) is 10.1. The minimum atomic E-state index is 0.267. The molecule has 3 rings (SSSR count). The summed E-state index contributed by atoms with van der Waals surface area (Å²) in [6.45, 7) is 1.56. The predicted molar refractivity (Wildman–Crippen MR) is 80.2 cm³/mol. The summed E-state index contributed by atoms with van der Waals surface area (Å²) < 4.78 is 7.03. The number of benzene rings is 1. The van der Waals surface area contributed by atoms with Gasteiger partial charge in [-0.2, -0.15) is 0 Å². The van der Waals surface area contributed by atoms with Crippen LogP contribution >= 0.6 is 0 Å². The lowest BCUT2D eigenvalue weighted by molar-refractivity contribution is 0.165. The molecular formula is C14H20N6O. The number of nitrogens with zero attached hydrogens (tertiary/aromatic N) is 4. The summed E-state index contributed by atoms with van der Waals surface area (Å²) in [4.78, 5) is 0. The van der Waals surface area contributed by atoms with Crippen LogP contribution in [-0.2, 0) is 11.3 Å². The van der Waals surface area contributed by atoms with Gasteiger partial charge in [0.1, 0.15) is 0 Å². The molecule has 0 amide bonds. The average molecular weight is 288 g/mol. The molecular weight excluding hydrogens is 268 g/mol. The SMILES string of the molecule is COCCC1(Cn2nnnc2-c2ccc(N)cc2N)CC1. The number of hydrogen-bond donors (Lipinski definition) is 2. The van der Waals surface area contributed by atoms with E-state index in [-0.39, 0.29) is 5.41 Å². The molecule has 1 fully saturated rings. The van der Waals surface area contributed by atoms with Crippen LogP contribution in [0.5, 0.6) is 0 Å². The van der Waals surface area contributed by atoms with E-state index in [4.69, 9.17) is 16.2 Å². The van der Waals surface area contributed by atoms with E-state index in [0.717, 1.165) is 25.1 Å². The van der Waals surface area contributed by atoms with Crippen LogP contribution in [0.25, 0.3) is 11.4 Å². The first-order valence-electron chi connectivity index (χ1n) is 7.04. The fourth-order valence-corrected chi connectivity index (χ4v) is 2.59. The predicted octanol–water partition coefficient (Wildman–Crippen LogP) is 1.32. The van der Waals surface area contributed by atoms with Crippen LogP contribution in [0.15, 0.2) is 18.2 Å². The molecule has 112 valence electrons. The Kier molecular flexibility index (Phi) is 3.50. The zero-order valence-corrected chi connectivity index (χ0v) is 12.1.